The summed E-state index contributed by atoms with van der Waals surface area (Å²) in [5.74, 6) is 5.62. The zero-order chi connectivity index (χ0) is 27.2. The van der Waals surface area contributed by atoms with Crippen LogP contribution in [0.25, 0.3) is 0 Å². The van der Waals surface area contributed by atoms with E-state index in [1.165, 1.54) is 43.9 Å². The molecule has 1 aromatic heterocycles. The van der Waals surface area contributed by atoms with Gasteiger partial charge in [0.2, 0.25) is 15.9 Å². The van der Waals surface area contributed by atoms with E-state index in [1.54, 1.807) is 30.0 Å². The summed E-state index contributed by atoms with van der Waals surface area (Å²) in [6.07, 6.45) is 0.859. The summed E-state index contributed by atoms with van der Waals surface area (Å²) in [5, 5.41) is 9.81. The third-order valence-electron chi connectivity index (χ3n) is 6.16. The van der Waals surface area contributed by atoms with E-state index < -0.39 is 22.2 Å². The number of likely N-dealkylation sites (N-methyl/N-ethyl adjacent to an activating group) is 1. The Morgan fingerprint density at radius 3 is 2.76 bits per heavy atom. The second kappa shape index (κ2) is 12.4. The third-order valence-corrected chi connectivity index (χ3v) is 7.98. The van der Waals surface area contributed by atoms with Gasteiger partial charge in [-0.05, 0) is 25.1 Å². The van der Waals surface area contributed by atoms with E-state index in [1.807, 2.05) is 6.92 Å². The number of hydrogen-bond acceptors (Lipinski definition) is 8. The number of carbonyl (C=O) groups is 1. The van der Waals surface area contributed by atoms with Crippen LogP contribution in [0.15, 0.2) is 41.4 Å². The van der Waals surface area contributed by atoms with E-state index >= 15 is 0 Å². The van der Waals surface area contributed by atoms with Crippen LogP contribution in [-0.2, 0) is 14.8 Å². The fourth-order valence-electron chi connectivity index (χ4n) is 3.89. The lowest BCUT2D eigenvalue weighted by atomic mass is 10.0. The highest BCUT2D eigenvalue weighted by Gasteiger charge is 2.36. The average Bonchev–Trinajstić information content (AvgIpc) is 2.90. The zero-order valence-corrected chi connectivity index (χ0v) is 22.5. The molecule has 3 rings (SSSR count). The molecule has 11 heteroatoms. The SMILES string of the molecule is COCC#Cc1cnc2c(c1)C(=O)N([C@H](C)CO)C[C@@H](C)[C@@H](CN(C)S(=O)(=O)c1cccc(OC)c1)O2. The number of fused-ring (bicyclic) bond motifs is 1. The minimum Gasteiger partial charge on any atom is -0.497 e. The predicted octanol–water partition coefficient (Wildman–Crippen LogP) is 1.63. The smallest absolute Gasteiger partial charge is 0.259 e. The summed E-state index contributed by atoms with van der Waals surface area (Å²) in [7, 11) is 0.627. The largest absolute Gasteiger partial charge is 0.497 e. The van der Waals surface area contributed by atoms with E-state index in [9.17, 15) is 18.3 Å². The molecule has 1 N–H and O–H groups in total. The zero-order valence-electron chi connectivity index (χ0n) is 21.7. The molecule has 0 saturated carbocycles. The van der Waals surface area contributed by atoms with E-state index in [0.717, 1.165) is 0 Å². The number of carbonyl (C=O) groups excluding carboxylic acids is 1. The first-order valence-electron chi connectivity index (χ1n) is 11.8. The lowest BCUT2D eigenvalue weighted by Crippen LogP contribution is -2.50. The first-order valence-corrected chi connectivity index (χ1v) is 13.2. The van der Waals surface area contributed by atoms with Crippen molar-refractivity contribution >= 4 is 15.9 Å². The second-order valence-corrected chi connectivity index (χ2v) is 10.9. The van der Waals surface area contributed by atoms with Gasteiger partial charge in [0.05, 0.1) is 31.2 Å². The Labute approximate surface area is 218 Å². The molecule has 200 valence electrons. The van der Waals surface area contributed by atoms with Crippen LogP contribution < -0.4 is 9.47 Å². The van der Waals surface area contributed by atoms with Crippen LogP contribution in [0, 0.1) is 17.8 Å². The number of nitrogens with zero attached hydrogens (tertiary/aromatic N) is 3. The van der Waals surface area contributed by atoms with Crippen molar-refractivity contribution in [2.45, 2.75) is 30.9 Å². The van der Waals surface area contributed by atoms with Crippen LogP contribution >= 0.6 is 0 Å². The summed E-state index contributed by atoms with van der Waals surface area (Å²) in [5.41, 5.74) is 0.701. The number of sulfonamides is 1. The van der Waals surface area contributed by atoms with Gasteiger partial charge in [-0.15, -0.1) is 0 Å². The fourth-order valence-corrected chi connectivity index (χ4v) is 5.11. The third kappa shape index (κ3) is 6.59. The summed E-state index contributed by atoms with van der Waals surface area (Å²) >= 11 is 0. The number of aliphatic hydroxyl groups is 1. The van der Waals surface area contributed by atoms with Gasteiger partial charge in [0.1, 0.15) is 24.0 Å². The van der Waals surface area contributed by atoms with Gasteiger partial charge in [-0.1, -0.05) is 24.8 Å². The van der Waals surface area contributed by atoms with Gasteiger partial charge in [0, 0.05) is 44.4 Å². The number of methoxy groups -OCH3 is 2. The van der Waals surface area contributed by atoms with Crippen molar-refractivity contribution in [2.75, 3.05) is 47.6 Å². The number of hydrogen-bond donors (Lipinski definition) is 1. The average molecular weight is 532 g/mol. The summed E-state index contributed by atoms with van der Waals surface area (Å²) in [6.45, 7) is 3.87. The van der Waals surface area contributed by atoms with E-state index in [0.29, 0.717) is 11.3 Å². The van der Waals surface area contributed by atoms with Crippen molar-refractivity contribution in [3.63, 3.8) is 0 Å². The van der Waals surface area contributed by atoms with Gasteiger partial charge >= 0.3 is 0 Å². The van der Waals surface area contributed by atoms with Crippen molar-refractivity contribution in [1.29, 1.82) is 0 Å². The molecule has 0 aliphatic carbocycles. The number of amides is 1. The van der Waals surface area contributed by atoms with Crippen LogP contribution in [0.4, 0.5) is 0 Å². The van der Waals surface area contributed by atoms with Crippen molar-refractivity contribution in [1.82, 2.24) is 14.2 Å². The monoisotopic (exact) mass is 531 g/mol. The maximum atomic E-state index is 13.5. The second-order valence-electron chi connectivity index (χ2n) is 8.90. The molecule has 1 aliphatic rings. The number of aromatic nitrogens is 1. The Kier molecular flexibility index (Phi) is 9.50. The predicted molar refractivity (Wildman–Crippen MR) is 137 cm³/mol. The Hall–Kier alpha value is -3.17. The van der Waals surface area contributed by atoms with Crippen LogP contribution in [0.3, 0.4) is 0 Å². The van der Waals surface area contributed by atoms with E-state index in [-0.39, 0.29) is 54.5 Å². The topological polar surface area (TPSA) is 118 Å². The standard InChI is InChI=1S/C26H33N3O7S/c1-18-15-29(19(2)17-30)26(31)23-12-20(8-7-11-34-4)14-27-25(23)36-24(18)16-28(3)37(32,33)22-10-6-9-21(13-22)35-5/h6,9-10,12-14,18-19,24,30H,11,15-17H2,1-5H3/t18-,19-,24-/m1/s1. The molecule has 0 bridgehead atoms. The van der Waals surface area contributed by atoms with Crippen molar-refractivity contribution in [3.8, 4) is 23.5 Å². The number of aliphatic hydroxyl groups excluding tert-OH is 1. The van der Waals surface area contributed by atoms with Crippen LogP contribution in [0.1, 0.15) is 29.8 Å². The minimum absolute atomic E-state index is 0.00671. The highest BCUT2D eigenvalue weighted by molar-refractivity contribution is 7.89. The molecule has 1 amide bonds. The Morgan fingerprint density at radius 1 is 1.32 bits per heavy atom. The summed E-state index contributed by atoms with van der Waals surface area (Å²) in [6, 6.07) is 7.37. The van der Waals surface area contributed by atoms with E-state index in [4.69, 9.17) is 14.2 Å². The van der Waals surface area contributed by atoms with E-state index in [2.05, 4.69) is 16.8 Å². The first kappa shape index (κ1) is 28.4. The molecule has 2 aromatic rings. The summed E-state index contributed by atoms with van der Waals surface area (Å²) in [4.78, 5) is 19.5. The Morgan fingerprint density at radius 2 is 2.08 bits per heavy atom. The van der Waals surface area contributed by atoms with Crippen molar-refractivity contribution < 1.29 is 32.5 Å². The molecule has 3 atom stereocenters. The molecule has 0 fully saturated rings. The number of rotatable bonds is 8. The number of pyridine rings is 1. The molecule has 37 heavy (non-hydrogen) atoms. The lowest BCUT2D eigenvalue weighted by Gasteiger charge is -2.37. The molecular formula is C26H33N3O7S. The van der Waals surface area contributed by atoms with Crippen LogP contribution in [0.5, 0.6) is 11.6 Å². The molecule has 0 spiro atoms. The highest BCUT2D eigenvalue weighted by atomic mass is 32.2. The number of ether oxygens (including phenoxy) is 3. The molecule has 2 heterocycles. The lowest BCUT2D eigenvalue weighted by molar-refractivity contribution is 0.0373. The molecular weight excluding hydrogens is 498 g/mol. The molecule has 10 nitrogen and oxygen atoms in total. The first-order chi connectivity index (χ1) is 17.6. The van der Waals surface area contributed by atoms with Gasteiger partial charge in [-0.3, -0.25) is 4.79 Å². The van der Waals surface area contributed by atoms with Crippen LogP contribution in [0.2, 0.25) is 0 Å². The van der Waals surface area contributed by atoms with Crippen molar-refractivity contribution in [2.24, 2.45) is 5.92 Å². The van der Waals surface area contributed by atoms with Gasteiger partial charge in [-0.2, -0.15) is 4.31 Å². The molecule has 0 unspecified atom stereocenters. The maximum Gasteiger partial charge on any atom is 0.259 e. The fraction of sp³-hybridized carbons (Fsp3) is 0.462. The van der Waals surface area contributed by atoms with Gasteiger partial charge in [0.15, 0.2) is 0 Å². The maximum absolute atomic E-state index is 13.5. The molecule has 1 aliphatic heterocycles. The summed E-state index contributed by atoms with van der Waals surface area (Å²) < 4.78 is 44.1. The van der Waals surface area contributed by atoms with Crippen molar-refractivity contribution in [3.05, 3.63) is 47.7 Å². The van der Waals surface area contributed by atoms with Gasteiger partial charge in [0.25, 0.3) is 5.91 Å². The minimum atomic E-state index is -3.86. The molecule has 0 saturated heterocycles. The quantitative estimate of drug-likeness (QED) is 0.511. The van der Waals surface area contributed by atoms with Gasteiger partial charge in [-0.25, -0.2) is 13.4 Å². The normalized spacial score (nSPS) is 18.7. The molecule has 1 aromatic carbocycles. The molecule has 0 radical (unpaired) electrons. The Balaban J connectivity index is 1.97. The van der Waals surface area contributed by atoms with Gasteiger partial charge < -0.3 is 24.2 Å². The number of benzene rings is 1. The highest BCUT2D eigenvalue weighted by Crippen LogP contribution is 2.28. The Bertz CT molecular complexity index is 1270. The van der Waals surface area contributed by atoms with Crippen LogP contribution in [-0.4, -0.2) is 93.3 Å².